The number of aromatic amines is 1. The molecule has 0 spiro atoms. The molecule has 3 rings (SSSR count). The van der Waals surface area contributed by atoms with Crippen molar-refractivity contribution in [1.82, 2.24) is 10.2 Å². The average Bonchev–Trinajstić information content (AvgIpc) is 2.85. The van der Waals surface area contributed by atoms with Crippen LogP contribution in [0.4, 0.5) is 0 Å². The number of nitrogens with zero attached hydrogens (tertiary/aromatic N) is 1. The Bertz CT molecular complexity index is 637. The van der Waals surface area contributed by atoms with Gasteiger partial charge in [0.25, 0.3) is 4.84 Å². The van der Waals surface area contributed by atoms with Crippen molar-refractivity contribution < 1.29 is 18.6 Å². The van der Waals surface area contributed by atoms with Gasteiger partial charge in [0.15, 0.2) is 17.6 Å². The third-order valence-electron chi connectivity index (χ3n) is 2.70. The van der Waals surface area contributed by atoms with Gasteiger partial charge in [0, 0.05) is 12.7 Å². The molecule has 2 heterocycles. The molecule has 0 amide bonds. The second kappa shape index (κ2) is 5.02. The summed E-state index contributed by atoms with van der Waals surface area (Å²) >= 11 is 4.85. The SMILES string of the molecule is COCC1COc2ccc(-c3n[nH]c(=S)o3)cc2O1. The number of aromatic nitrogens is 2. The van der Waals surface area contributed by atoms with E-state index >= 15 is 0 Å². The smallest absolute Gasteiger partial charge is 0.284 e. The van der Waals surface area contributed by atoms with Crippen molar-refractivity contribution >= 4 is 12.2 Å². The van der Waals surface area contributed by atoms with Gasteiger partial charge in [-0.1, -0.05) is 0 Å². The number of fused-ring (bicyclic) bond motifs is 1. The number of ether oxygens (including phenoxy) is 3. The highest BCUT2D eigenvalue weighted by atomic mass is 32.1. The molecular weight excluding hydrogens is 268 g/mol. The van der Waals surface area contributed by atoms with E-state index < -0.39 is 0 Å². The zero-order valence-corrected chi connectivity index (χ0v) is 11.0. The van der Waals surface area contributed by atoms with Crippen LogP contribution in [0.15, 0.2) is 22.6 Å². The highest BCUT2D eigenvalue weighted by molar-refractivity contribution is 7.71. The highest BCUT2D eigenvalue weighted by Crippen LogP contribution is 2.35. The second-order valence-corrected chi connectivity index (χ2v) is 4.46. The van der Waals surface area contributed by atoms with E-state index in [-0.39, 0.29) is 10.9 Å². The molecule has 2 aromatic rings. The lowest BCUT2D eigenvalue weighted by molar-refractivity contribution is 0.0272. The monoisotopic (exact) mass is 280 g/mol. The Morgan fingerprint density at radius 3 is 3.11 bits per heavy atom. The van der Waals surface area contributed by atoms with Crippen molar-refractivity contribution in [3.05, 3.63) is 23.0 Å². The minimum Gasteiger partial charge on any atom is -0.486 e. The molecule has 1 aliphatic heterocycles. The molecule has 0 fully saturated rings. The summed E-state index contributed by atoms with van der Waals surface area (Å²) in [5.41, 5.74) is 0.771. The van der Waals surface area contributed by atoms with Gasteiger partial charge >= 0.3 is 0 Å². The summed E-state index contributed by atoms with van der Waals surface area (Å²) < 4.78 is 21.7. The fourth-order valence-electron chi connectivity index (χ4n) is 1.87. The lowest BCUT2D eigenvalue weighted by Gasteiger charge is -2.26. The maximum atomic E-state index is 5.79. The zero-order valence-electron chi connectivity index (χ0n) is 10.2. The molecule has 0 saturated heterocycles. The fraction of sp³-hybridized carbons (Fsp3) is 0.333. The van der Waals surface area contributed by atoms with Crippen LogP contribution in [0, 0.1) is 4.84 Å². The van der Waals surface area contributed by atoms with Crippen molar-refractivity contribution in [2.45, 2.75) is 6.10 Å². The summed E-state index contributed by atoms with van der Waals surface area (Å²) in [5, 5.41) is 6.56. The molecule has 1 aliphatic rings. The predicted molar refractivity (Wildman–Crippen MR) is 68.9 cm³/mol. The van der Waals surface area contributed by atoms with E-state index in [0.29, 0.717) is 30.6 Å². The quantitative estimate of drug-likeness (QED) is 0.869. The minimum atomic E-state index is -0.113. The summed E-state index contributed by atoms with van der Waals surface area (Å²) in [4.78, 5) is 0.238. The molecule has 1 aromatic heterocycles. The van der Waals surface area contributed by atoms with Gasteiger partial charge in [-0.05, 0) is 30.4 Å². The molecule has 1 atom stereocenters. The standard InChI is InChI=1S/C12H12N2O4S/c1-15-5-8-6-16-9-3-2-7(4-10(9)17-8)11-13-14-12(19)18-11/h2-4,8H,5-6H2,1H3,(H,14,19). The van der Waals surface area contributed by atoms with Crippen LogP contribution < -0.4 is 9.47 Å². The predicted octanol–water partition coefficient (Wildman–Crippen LogP) is 2.19. The molecule has 7 heteroatoms. The molecule has 100 valence electrons. The van der Waals surface area contributed by atoms with Crippen molar-refractivity contribution in [2.75, 3.05) is 20.3 Å². The van der Waals surface area contributed by atoms with Crippen LogP contribution in [0.25, 0.3) is 11.5 Å². The van der Waals surface area contributed by atoms with Crippen molar-refractivity contribution in [3.8, 4) is 23.0 Å². The number of H-pyrrole nitrogens is 1. The van der Waals surface area contributed by atoms with E-state index in [4.69, 9.17) is 30.8 Å². The first-order valence-corrected chi connectivity index (χ1v) is 6.15. The van der Waals surface area contributed by atoms with Crippen molar-refractivity contribution in [3.63, 3.8) is 0 Å². The number of methoxy groups -OCH3 is 1. The van der Waals surface area contributed by atoms with E-state index in [2.05, 4.69) is 10.2 Å². The van der Waals surface area contributed by atoms with E-state index in [1.54, 1.807) is 7.11 Å². The van der Waals surface area contributed by atoms with E-state index in [1.807, 2.05) is 18.2 Å². The van der Waals surface area contributed by atoms with Crippen LogP contribution in [-0.2, 0) is 4.74 Å². The summed E-state index contributed by atoms with van der Waals surface area (Å²) in [7, 11) is 1.63. The van der Waals surface area contributed by atoms with Gasteiger partial charge in [0.1, 0.15) is 6.61 Å². The molecule has 1 aromatic carbocycles. The average molecular weight is 280 g/mol. The first-order chi connectivity index (χ1) is 9.26. The van der Waals surface area contributed by atoms with Gasteiger partial charge < -0.3 is 18.6 Å². The van der Waals surface area contributed by atoms with Gasteiger partial charge in [-0.25, -0.2) is 5.10 Å². The van der Waals surface area contributed by atoms with Crippen LogP contribution >= 0.6 is 12.2 Å². The number of benzene rings is 1. The Kier molecular flexibility index (Phi) is 3.22. The molecule has 1 N–H and O–H groups in total. The van der Waals surface area contributed by atoms with E-state index in [9.17, 15) is 0 Å². The van der Waals surface area contributed by atoms with Gasteiger partial charge in [-0.3, -0.25) is 0 Å². The molecule has 0 saturated carbocycles. The summed E-state index contributed by atoms with van der Waals surface area (Å²) in [5.74, 6) is 1.77. The Hall–Kier alpha value is -1.86. The third kappa shape index (κ3) is 2.47. The normalized spacial score (nSPS) is 17.4. The number of hydrogen-bond donors (Lipinski definition) is 1. The summed E-state index contributed by atoms with van der Waals surface area (Å²) in [6, 6.07) is 5.47. The molecule has 1 unspecified atom stereocenters. The number of hydrogen-bond acceptors (Lipinski definition) is 6. The van der Waals surface area contributed by atoms with Crippen molar-refractivity contribution in [1.29, 1.82) is 0 Å². The van der Waals surface area contributed by atoms with Crippen molar-refractivity contribution in [2.24, 2.45) is 0 Å². The van der Waals surface area contributed by atoms with Crippen LogP contribution in [0.1, 0.15) is 0 Å². The van der Waals surface area contributed by atoms with Gasteiger partial charge in [-0.15, -0.1) is 5.10 Å². The first kappa shape index (κ1) is 12.2. The molecule has 0 radical (unpaired) electrons. The maximum Gasteiger partial charge on any atom is 0.284 e. The van der Waals surface area contributed by atoms with Crippen LogP contribution in [0.3, 0.4) is 0 Å². The molecule has 0 bridgehead atoms. The molecular formula is C12H12N2O4S. The topological polar surface area (TPSA) is 69.5 Å². The Balaban J connectivity index is 1.90. The molecule has 0 aliphatic carbocycles. The first-order valence-electron chi connectivity index (χ1n) is 5.74. The Morgan fingerprint density at radius 2 is 2.37 bits per heavy atom. The lowest BCUT2D eigenvalue weighted by atomic mass is 10.2. The molecule has 6 nitrogen and oxygen atoms in total. The maximum absolute atomic E-state index is 5.79. The van der Waals surface area contributed by atoms with Crippen LogP contribution in [0.5, 0.6) is 11.5 Å². The van der Waals surface area contributed by atoms with Gasteiger partial charge in [0.2, 0.25) is 5.89 Å². The van der Waals surface area contributed by atoms with Gasteiger partial charge in [0.05, 0.1) is 6.61 Å². The van der Waals surface area contributed by atoms with Crippen LogP contribution in [0.2, 0.25) is 0 Å². The minimum absolute atomic E-state index is 0.113. The largest absolute Gasteiger partial charge is 0.486 e. The summed E-state index contributed by atoms with van der Waals surface area (Å²) in [6.07, 6.45) is -0.113. The summed E-state index contributed by atoms with van der Waals surface area (Å²) in [6.45, 7) is 0.954. The molecule has 19 heavy (non-hydrogen) atoms. The Morgan fingerprint density at radius 1 is 1.47 bits per heavy atom. The van der Waals surface area contributed by atoms with E-state index in [1.165, 1.54) is 0 Å². The Labute approximate surface area is 114 Å². The lowest BCUT2D eigenvalue weighted by Crippen LogP contribution is -2.32. The number of rotatable bonds is 3. The van der Waals surface area contributed by atoms with E-state index in [0.717, 1.165) is 5.56 Å². The zero-order chi connectivity index (χ0) is 13.2. The highest BCUT2D eigenvalue weighted by Gasteiger charge is 2.22. The number of nitrogens with one attached hydrogen (secondary N) is 1. The second-order valence-electron chi connectivity index (χ2n) is 4.09. The fourth-order valence-corrected chi connectivity index (χ4v) is 1.99. The third-order valence-corrected chi connectivity index (χ3v) is 2.87. The van der Waals surface area contributed by atoms with Gasteiger partial charge in [-0.2, -0.15) is 0 Å². The van der Waals surface area contributed by atoms with Crippen LogP contribution in [-0.4, -0.2) is 36.6 Å².